The van der Waals surface area contributed by atoms with Gasteiger partial charge < -0.3 is 10.2 Å². The van der Waals surface area contributed by atoms with Crippen molar-refractivity contribution in [1.29, 1.82) is 0 Å². The molecule has 0 spiro atoms. The van der Waals surface area contributed by atoms with E-state index in [2.05, 4.69) is 15.6 Å². The van der Waals surface area contributed by atoms with E-state index in [4.69, 9.17) is 4.74 Å². The number of fused-ring (bicyclic) bond motifs is 1. The number of rotatable bonds is 5. The van der Waals surface area contributed by atoms with Crippen LogP contribution in [0.15, 0.2) is 59.8 Å². The average molecular weight is 355 g/mol. The van der Waals surface area contributed by atoms with E-state index in [1.54, 1.807) is 16.8 Å². The van der Waals surface area contributed by atoms with Gasteiger partial charge in [0.05, 0.1) is 4.92 Å². The monoisotopic (exact) mass is 355 g/mol. The molecule has 1 aliphatic rings. The summed E-state index contributed by atoms with van der Waals surface area (Å²) in [4.78, 5) is 10.3. The largest absolute Gasteiger partial charge is 0.486 e. The molecule has 0 bridgehead atoms. The van der Waals surface area contributed by atoms with Crippen molar-refractivity contribution >= 4 is 17.4 Å². The normalized spacial score (nSPS) is 15.4. The van der Waals surface area contributed by atoms with Crippen LogP contribution in [0.2, 0.25) is 0 Å². The van der Waals surface area contributed by atoms with Gasteiger partial charge in [0.2, 0.25) is 5.16 Å². The van der Waals surface area contributed by atoms with Gasteiger partial charge in [0.1, 0.15) is 17.7 Å². The van der Waals surface area contributed by atoms with E-state index in [0.717, 1.165) is 16.5 Å². The number of aromatic nitrogens is 3. The molecule has 0 saturated carbocycles. The van der Waals surface area contributed by atoms with Crippen molar-refractivity contribution in [1.82, 2.24) is 14.9 Å². The summed E-state index contributed by atoms with van der Waals surface area (Å²) in [5.74, 6) is 1.42. The van der Waals surface area contributed by atoms with Crippen LogP contribution in [0.1, 0.15) is 16.8 Å². The molecular weight excluding hydrogens is 342 g/mol. The van der Waals surface area contributed by atoms with E-state index in [-0.39, 0.29) is 17.7 Å². The molecule has 1 N–H and O–H groups in total. The third-order valence-corrected chi connectivity index (χ3v) is 4.78. The van der Waals surface area contributed by atoms with Crippen molar-refractivity contribution < 1.29 is 9.66 Å². The number of hydrogen-bond donors (Lipinski definition) is 1. The SMILES string of the molecule is O=[N+]([O-])c1ccc(C2Nn3c(COc4ccccc4)nnc3S2)cc1. The molecule has 1 aromatic heterocycles. The number of nitro benzene ring substituents is 1. The lowest BCUT2D eigenvalue weighted by Crippen LogP contribution is -2.16. The minimum absolute atomic E-state index is 0.0723. The van der Waals surface area contributed by atoms with Gasteiger partial charge in [-0.3, -0.25) is 10.1 Å². The third kappa shape index (κ3) is 3.13. The second-order valence-electron chi connectivity index (χ2n) is 5.31. The van der Waals surface area contributed by atoms with E-state index in [9.17, 15) is 10.1 Å². The first-order valence-corrected chi connectivity index (χ1v) is 8.38. The molecule has 0 aliphatic carbocycles. The van der Waals surface area contributed by atoms with Gasteiger partial charge in [-0.25, -0.2) is 4.68 Å². The summed E-state index contributed by atoms with van der Waals surface area (Å²) in [7, 11) is 0. The van der Waals surface area contributed by atoms with Crippen LogP contribution in [-0.4, -0.2) is 19.8 Å². The summed E-state index contributed by atoms with van der Waals surface area (Å²) in [6, 6.07) is 16.0. The van der Waals surface area contributed by atoms with Crippen LogP contribution in [0, 0.1) is 10.1 Å². The highest BCUT2D eigenvalue weighted by Gasteiger charge is 2.28. The van der Waals surface area contributed by atoms with Crippen LogP contribution in [0.3, 0.4) is 0 Å². The Bertz CT molecular complexity index is 898. The Kier molecular flexibility index (Phi) is 3.98. The predicted molar refractivity (Wildman–Crippen MR) is 91.9 cm³/mol. The van der Waals surface area contributed by atoms with Crippen molar-refractivity contribution in [2.45, 2.75) is 17.1 Å². The van der Waals surface area contributed by atoms with Crippen molar-refractivity contribution in [3.63, 3.8) is 0 Å². The van der Waals surface area contributed by atoms with Gasteiger partial charge in [0, 0.05) is 12.1 Å². The van der Waals surface area contributed by atoms with Crippen molar-refractivity contribution in [3.8, 4) is 5.75 Å². The molecule has 1 atom stereocenters. The van der Waals surface area contributed by atoms with Gasteiger partial charge in [0.15, 0.2) is 5.82 Å². The lowest BCUT2D eigenvalue weighted by Gasteiger charge is -2.12. The minimum atomic E-state index is -0.410. The number of hydrogen-bond acceptors (Lipinski definition) is 7. The number of nitrogens with zero attached hydrogens (tertiary/aromatic N) is 4. The molecular formula is C16H13N5O3S. The molecule has 2 heterocycles. The second-order valence-corrected chi connectivity index (χ2v) is 6.38. The van der Waals surface area contributed by atoms with E-state index in [1.165, 1.54) is 23.9 Å². The highest BCUT2D eigenvalue weighted by molar-refractivity contribution is 7.99. The van der Waals surface area contributed by atoms with Crippen LogP contribution < -0.4 is 10.2 Å². The fourth-order valence-electron chi connectivity index (χ4n) is 2.43. The summed E-state index contributed by atoms with van der Waals surface area (Å²) >= 11 is 1.50. The number of non-ortho nitro benzene ring substituents is 1. The topological polar surface area (TPSA) is 95.1 Å². The highest BCUT2D eigenvalue weighted by atomic mass is 32.2. The summed E-state index contributed by atoms with van der Waals surface area (Å²) in [5.41, 5.74) is 4.29. The number of nitrogens with one attached hydrogen (secondary N) is 1. The molecule has 1 unspecified atom stereocenters. The summed E-state index contributed by atoms with van der Waals surface area (Å²) in [6.45, 7) is 0.289. The Morgan fingerprint density at radius 1 is 1.16 bits per heavy atom. The molecule has 9 heteroatoms. The Morgan fingerprint density at radius 3 is 2.64 bits per heavy atom. The summed E-state index contributed by atoms with van der Waals surface area (Å²) in [6.07, 6.45) is 0. The van der Waals surface area contributed by atoms with Gasteiger partial charge in [0.25, 0.3) is 5.69 Å². The Labute approximate surface area is 147 Å². The van der Waals surface area contributed by atoms with Crippen LogP contribution in [-0.2, 0) is 6.61 Å². The number of ether oxygens (including phenoxy) is 1. The first-order valence-electron chi connectivity index (χ1n) is 7.50. The molecule has 25 heavy (non-hydrogen) atoms. The lowest BCUT2D eigenvalue weighted by atomic mass is 10.2. The van der Waals surface area contributed by atoms with E-state index >= 15 is 0 Å². The Morgan fingerprint density at radius 2 is 1.92 bits per heavy atom. The molecule has 3 aromatic rings. The van der Waals surface area contributed by atoms with E-state index in [0.29, 0.717) is 5.82 Å². The Balaban J connectivity index is 1.46. The van der Waals surface area contributed by atoms with Gasteiger partial charge >= 0.3 is 0 Å². The molecule has 4 rings (SSSR count). The first kappa shape index (κ1) is 15.5. The van der Waals surface area contributed by atoms with Crippen molar-refractivity contribution in [2.24, 2.45) is 0 Å². The summed E-state index contributed by atoms with van der Waals surface area (Å²) < 4.78 is 7.50. The minimum Gasteiger partial charge on any atom is -0.486 e. The lowest BCUT2D eigenvalue weighted by molar-refractivity contribution is -0.384. The molecule has 2 aromatic carbocycles. The number of benzene rings is 2. The molecule has 0 amide bonds. The fraction of sp³-hybridized carbons (Fsp3) is 0.125. The molecule has 0 fully saturated rings. The maximum Gasteiger partial charge on any atom is 0.269 e. The summed E-state index contributed by atoms with van der Waals surface area (Å²) in [5, 5.41) is 19.7. The average Bonchev–Trinajstić information content (AvgIpc) is 3.22. The molecule has 0 radical (unpaired) electrons. The van der Waals surface area contributed by atoms with Crippen LogP contribution in [0.4, 0.5) is 5.69 Å². The zero-order chi connectivity index (χ0) is 17.2. The van der Waals surface area contributed by atoms with Gasteiger partial charge in [-0.05, 0) is 29.8 Å². The number of thioether (sulfide) groups is 1. The standard InChI is InChI=1S/C16H13N5O3S/c22-21(23)12-8-6-11(7-9-12)15-19-20-14(17-18-16(20)25-15)10-24-13-4-2-1-3-5-13/h1-9,15,19H,10H2. The van der Waals surface area contributed by atoms with Gasteiger partial charge in [-0.2, -0.15) is 0 Å². The molecule has 1 aliphatic heterocycles. The van der Waals surface area contributed by atoms with Gasteiger partial charge in [-0.1, -0.05) is 30.0 Å². The predicted octanol–water partition coefficient (Wildman–Crippen LogP) is 3.11. The van der Waals surface area contributed by atoms with Crippen LogP contribution >= 0.6 is 11.8 Å². The smallest absolute Gasteiger partial charge is 0.269 e. The van der Waals surface area contributed by atoms with Crippen LogP contribution in [0.25, 0.3) is 0 Å². The quantitative estimate of drug-likeness (QED) is 0.555. The number of nitro groups is 1. The van der Waals surface area contributed by atoms with Gasteiger partial charge in [-0.15, -0.1) is 10.2 Å². The fourth-order valence-corrected chi connectivity index (χ4v) is 3.44. The zero-order valence-corrected chi connectivity index (χ0v) is 13.7. The second kappa shape index (κ2) is 6.44. The van der Waals surface area contributed by atoms with Crippen LogP contribution in [0.5, 0.6) is 5.75 Å². The van der Waals surface area contributed by atoms with Crippen molar-refractivity contribution in [3.05, 3.63) is 76.1 Å². The van der Waals surface area contributed by atoms with E-state index < -0.39 is 4.92 Å². The third-order valence-electron chi connectivity index (χ3n) is 3.69. The molecule has 0 saturated heterocycles. The molecule has 126 valence electrons. The maximum absolute atomic E-state index is 10.8. The number of para-hydroxylation sites is 1. The molecule has 8 nitrogen and oxygen atoms in total. The first-order chi connectivity index (χ1) is 12.2. The maximum atomic E-state index is 10.8. The van der Waals surface area contributed by atoms with Crippen molar-refractivity contribution in [2.75, 3.05) is 5.43 Å². The zero-order valence-electron chi connectivity index (χ0n) is 12.9. The van der Waals surface area contributed by atoms with E-state index in [1.807, 2.05) is 30.3 Å². The Hall–Kier alpha value is -3.07. The highest BCUT2D eigenvalue weighted by Crippen LogP contribution is 2.38.